The minimum atomic E-state index is -0.270. The van der Waals surface area contributed by atoms with Crippen LogP contribution in [0.3, 0.4) is 0 Å². The zero-order chi connectivity index (χ0) is 14.8. The van der Waals surface area contributed by atoms with Crippen LogP contribution in [0.25, 0.3) is 0 Å². The topological polar surface area (TPSA) is 29.5 Å². The number of ether oxygens (including phenoxy) is 1. The first-order valence-corrected chi connectivity index (χ1v) is 7.25. The van der Waals surface area contributed by atoms with Crippen molar-refractivity contribution in [1.82, 2.24) is 0 Å². The number of anilines is 2. The summed E-state index contributed by atoms with van der Waals surface area (Å²) in [6.07, 6.45) is 2.18. The number of nitrogens with zero attached hydrogens (tertiary/aromatic N) is 1. The van der Waals surface area contributed by atoms with Crippen molar-refractivity contribution in [3.8, 4) is 0 Å². The number of hydrogen-bond acceptors (Lipinski definition) is 3. The Labute approximate surface area is 125 Å². The highest BCUT2D eigenvalue weighted by atomic mass is 16.5. The van der Waals surface area contributed by atoms with Crippen molar-refractivity contribution in [1.29, 1.82) is 0 Å². The molecular formula is C18H19NO2. The normalized spacial score (nSPS) is 13.7. The number of carbonyl (C=O) groups excluding carboxylic acids is 1. The third kappa shape index (κ3) is 2.40. The molecule has 0 fully saturated rings. The van der Waals surface area contributed by atoms with E-state index in [9.17, 15) is 4.79 Å². The minimum absolute atomic E-state index is 0.270. The fraction of sp³-hybridized carbons (Fsp3) is 0.278. The molecule has 0 unspecified atom stereocenters. The van der Waals surface area contributed by atoms with E-state index in [-0.39, 0.29) is 5.97 Å². The number of carbonyl (C=O) groups is 1. The first-order chi connectivity index (χ1) is 10.2. The molecule has 3 nitrogen and oxygen atoms in total. The van der Waals surface area contributed by atoms with Gasteiger partial charge in [-0.3, -0.25) is 0 Å². The molecule has 3 heteroatoms. The Morgan fingerprint density at radius 1 is 1.14 bits per heavy atom. The smallest absolute Gasteiger partial charge is 0.338 e. The van der Waals surface area contributed by atoms with Crippen molar-refractivity contribution in [2.24, 2.45) is 0 Å². The average molecular weight is 281 g/mol. The Hall–Kier alpha value is -2.29. The fourth-order valence-electron chi connectivity index (χ4n) is 3.07. The van der Waals surface area contributed by atoms with E-state index in [1.165, 1.54) is 18.4 Å². The van der Waals surface area contributed by atoms with Gasteiger partial charge in [-0.25, -0.2) is 4.79 Å². The van der Waals surface area contributed by atoms with Crippen LogP contribution in [0.5, 0.6) is 0 Å². The van der Waals surface area contributed by atoms with Crippen LogP contribution in [0.4, 0.5) is 11.4 Å². The van der Waals surface area contributed by atoms with Gasteiger partial charge in [0.2, 0.25) is 0 Å². The molecule has 1 heterocycles. The molecule has 0 saturated carbocycles. The van der Waals surface area contributed by atoms with Crippen LogP contribution in [-0.4, -0.2) is 19.6 Å². The summed E-state index contributed by atoms with van der Waals surface area (Å²) in [6, 6.07) is 14.3. The largest absolute Gasteiger partial charge is 0.465 e. The lowest BCUT2D eigenvalue weighted by Crippen LogP contribution is -2.26. The number of fused-ring (bicyclic) bond motifs is 1. The maximum absolute atomic E-state index is 11.9. The van der Waals surface area contributed by atoms with E-state index in [1.807, 2.05) is 31.2 Å². The number of hydrogen-bond donors (Lipinski definition) is 0. The maximum atomic E-state index is 11.9. The van der Waals surface area contributed by atoms with Crippen LogP contribution in [0.1, 0.15) is 27.9 Å². The Morgan fingerprint density at radius 2 is 1.90 bits per heavy atom. The molecule has 0 aromatic heterocycles. The number of methoxy groups -OCH3 is 1. The first-order valence-electron chi connectivity index (χ1n) is 7.25. The standard InChI is InChI=1S/C18H19NO2/c1-13-16(18(20)21-2)11-10-14-7-6-12-19(17(13)14)15-8-4-3-5-9-15/h3-5,8-11H,6-7,12H2,1-2H3. The molecule has 108 valence electrons. The van der Waals surface area contributed by atoms with Gasteiger partial charge in [-0.05, 0) is 49.1 Å². The van der Waals surface area contributed by atoms with E-state index in [1.54, 1.807) is 0 Å². The second-order valence-electron chi connectivity index (χ2n) is 5.33. The Bertz CT molecular complexity index is 664. The highest BCUT2D eigenvalue weighted by molar-refractivity contribution is 5.94. The number of esters is 1. The second kappa shape index (κ2) is 5.60. The highest BCUT2D eigenvalue weighted by Gasteiger charge is 2.23. The molecule has 0 radical (unpaired) electrons. The van der Waals surface area contributed by atoms with Gasteiger partial charge in [0.05, 0.1) is 12.7 Å². The SMILES string of the molecule is COC(=O)c1ccc2c(c1C)N(c1ccccc1)CCC2. The molecule has 0 spiro atoms. The lowest BCUT2D eigenvalue weighted by molar-refractivity contribution is 0.0600. The van der Waals surface area contributed by atoms with Crippen molar-refractivity contribution in [2.75, 3.05) is 18.6 Å². The van der Waals surface area contributed by atoms with Crippen molar-refractivity contribution >= 4 is 17.3 Å². The fourth-order valence-corrected chi connectivity index (χ4v) is 3.07. The van der Waals surface area contributed by atoms with Gasteiger partial charge in [-0.15, -0.1) is 0 Å². The van der Waals surface area contributed by atoms with Crippen molar-refractivity contribution in [3.05, 3.63) is 59.2 Å². The molecule has 1 aliphatic rings. The number of aryl methyl sites for hydroxylation is 1. The predicted molar refractivity (Wildman–Crippen MR) is 84.3 cm³/mol. The molecule has 2 aromatic carbocycles. The van der Waals surface area contributed by atoms with Crippen LogP contribution in [0.15, 0.2) is 42.5 Å². The summed E-state index contributed by atoms with van der Waals surface area (Å²) >= 11 is 0. The van der Waals surface area contributed by atoms with Crippen LogP contribution in [0, 0.1) is 6.92 Å². The van der Waals surface area contributed by atoms with E-state index in [2.05, 4.69) is 23.1 Å². The maximum Gasteiger partial charge on any atom is 0.338 e. The Balaban J connectivity index is 2.13. The van der Waals surface area contributed by atoms with Gasteiger partial charge in [0.15, 0.2) is 0 Å². The molecule has 21 heavy (non-hydrogen) atoms. The van der Waals surface area contributed by atoms with Crippen LogP contribution in [-0.2, 0) is 11.2 Å². The van der Waals surface area contributed by atoms with E-state index in [0.29, 0.717) is 5.56 Å². The summed E-state index contributed by atoms with van der Waals surface area (Å²) in [7, 11) is 1.43. The van der Waals surface area contributed by atoms with Gasteiger partial charge in [0, 0.05) is 17.9 Å². The molecule has 0 amide bonds. The van der Waals surface area contributed by atoms with Gasteiger partial charge in [-0.1, -0.05) is 24.3 Å². The summed E-state index contributed by atoms with van der Waals surface area (Å²) in [5.41, 5.74) is 5.29. The molecule has 1 aliphatic heterocycles. The van der Waals surface area contributed by atoms with Gasteiger partial charge in [-0.2, -0.15) is 0 Å². The monoisotopic (exact) mass is 281 g/mol. The number of rotatable bonds is 2. The quantitative estimate of drug-likeness (QED) is 0.783. The summed E-state index contributed by atoms with van der Waals surface area (Å²) in [5.74, 6) is -0.270. The predicted octanol–water partition coefficient (Wildman–Crippen LogP) is 3.87. The molecule has 0 N–H and O–H groups in total. The van der Waals surface area contributed by atoms with Gasteiger partial charge < -0.3 is 9.64 Å². The van der Waals surface area contributed by atoms with Crippen molar-refractivity contribution in [3.63, 3.8) is 0 Å². The van der Waals surface area contributed by atoms with Gasteiger partial charge in [0.1, 0.15) is 0 Å². The van der Waals surface area contributed by atoms with Crippen molar-refractivity contribution in [2.45, 2.75) is 19.8 Å². The molecule has 0 aliphatic carbocycles. The van der Waals surface area contributed by atoms with Gasteiger partial charge in [0.25, 0.3) is 0 Å². The highest BCUT2D eigenvalue weighted by Crippen LogP contribution is 2.37. The van der Waals surface area contributed by atoms with Crippen LogP contribution < -0.4 is 4.90 Å². The Kier molecular flexibility index (Phi) is 3.65. The summed E-state index contributed by atoms with van der Waals surface area (Å²) < 4.78 is 4.89. The molecule has 0 atom stereocenters. The van der Waals surface area contributed by atoms with Gasteiger partial charge >= 0.3 is 5.97 Å². The summed E-state index contributed by atoms with van der Waals surface area (Å²) in [6.45, 7) is 2.98. The summed E-state index contributed by atoms with van der Waals surface area (Å²) in [4.78, 5) is 14.2. The minimum Gasteiger partial charge on any atom is -0.465 e. The third-order valence-corrected chi connectivity index (χ3v) is 4.09. The van der Waals surface area contributed by atoms with E-state index in [4.69, 9.17) is 4.74 Å². The third-order valence-electron chi connectivity index (χ3n) is 4.09. The van der Waals surface area contributed by atoms with E-state index >= 15 is 0 Å². The lowest BCUT2D eigenvalue weighted by atomic mass is 9.94. The molecular weight excluding hydrogens is 262 g/mol. The molecule has 3 rings (SSSR count). The zero-order valence-corrected chi connectivity index (χ0v) is 12.4. The molecule has 0 bridgehead atoms. The summed E-state index contributed by atoms with van der Waals surface area (Å²) in [5, 5.41) is 0. The Morgan fingerprint density at radius 3 is 2.62 bits per heavy atom. The average Bonchev–Trinajstić information content (AvgIpc) is 2.55. The van der Waals surface area contributed by atoms with Crippen LogP contribution >= 0.6 is 0 Å². The zero-order valence-electron chi connectivity index (χ0n) is 12.4. The van der Waals surface area contributed by atoms with Crippen LogP contribution in [0.2, 0.25) is 0 Å². The lowest BCUT2D eigenvalue weighted by Gasteiger charge is -2.33. The first kappa shape index (κ1) is 13.7. The second-order valence-corrected chi connectivity index (χ2v) is 5.33. The molecule has 0 saturated heterocycles. The number of para-hydroxylation sites is 1. The van der Waals surface area contributed by atoms with Crippen molar-refractivity contribution < 1.29 is 9.53 Å². The molecule has 2 aromatic rings. The number of benzene rings is 2. The van der Waals surface area contributed by atoms with E-state index < -0.39 is 0 Å². The van der Waals surface area contributed by atoms with E-state index in [0.717, 1.165) is 30.6 Å².